The van der Waals surface area contributed by atoms with Crippen molar-refractivity contribution in [2.75, 3.05) is 26.7 Å². The molecule has 1 heterocycles. The summed E-state index contributed by atoms with van der Waals surface area (Å²) in [6.07, 6.45) is 3.31. The van der Waals surface area contributed by atoms with Crippen LogP contribution in [0.3, 0.4) is 0 Å². The van der Waals surface area contributed by atoms with E-state index in [0.717, 1.165) is 31.5 Å². The van der Waals surface area contributed by atoms with Gasteiger partial charge in [0.05, 0.1) is 6.54 Å². The SMILES string of the molecule is CC(C)NC(=O)CN(C)[C@@H](C(=O)N1CCCCC1)c1ccccc1. The Balaban J connectivity index is 2.16. The zero-order chi connectivity index (χ0) is 17.5. The predicted molar refractivity (Wildman–Crippen MR) is 95.5 cm³/mol. The molecule has 0 spiro atoms. The van der Waals surface area contributed by atoms with Crippen molar-refractivity contribution in [3.8, 4) is 0 Å². The van der Waals surface area contributed by atoms with Crippen molar-refractivity contribution in [1.29, 1.82) is 0 Å². The number of hydrogen-bond acceptors (Lipinski definition) is 3. The van der Waals surface area contributed by atoms with Gasteiger partial charge in [0, 0.05) is 19.1 Å². The number of rotatable bonds is 6. The Hall–Kier alpha value is -1.88. The van der Waals surface area contributed by atoms with Gasteiger partial charge in [-0.1, -0.05) is 30.3 Å². The van der Waals surface area contributed by atoms with Gasteiger partial charge in [0.1, 0.15) is 6.04 Å². The second-order valence-corrected chi connectivity index (χ2v) is 6.84. The summed E-state index contributed by atoms with van der Waals surface area (Å²) < 4.78 is 0. The van der Waals surface area contributed by atoms with Crippen molar-refractivity contribution >= 4 is 11.8 Å². The van der Waals surface area contributed by atoms with Crippen molar-refractivity contribution in [2.45, 2.75) is 45.2 Å². The summed E-state index contributed by atoms with van der Waals surface area (Å²) in [7, 11) is 1.85. The monoisotopic (exact) mass is 331 g/mol. The van der Waals surface area contributed by atoms with Gasteiger partial charge in [-0.2, -0.15) is 0 Å². The first-order chi connectivity index (χ1) is 11.5. The molecule has 1 aromatic carbocycles. The summed E-state index contributed by atoms with van der Waals surface area (Å²) >= 11 is 0. The third-order valence-corrected chi connectivity index (χ3v) is 4.30. The number of nitrogens with one attached hydrogen (secondary N) is 1. The van der Waals surface area contributed by atoms with Gasteiger partial charge in [0.2, 0.25) is 11.8 Å². The van der Waals surface area contributed by atoms with Crippen LogP contribution in [0.15, 0.2) is 30.3 Å². The first kappa shape index (κ1) is 18.5. The lowest BCUT2D eigenvalue weighted by Gasteiger charge is -2.34. The molecule has 1 atom stereocenters. The maximum absolute atomic E-state index is 13.1. The maximum atomic E-state index is 13.1. The fraction of sp³-hybridized carbons (Fsp3) is 0.579. The van der Waals surface area contributed by atoms with Crippen LogP contribution >= 0.6 is 0 Å². The molecule has 0 saturated carbocycles. The van der Waals surface area contributed by atoms with Crippen LogP contribution in [0.4, 0.5) is 0 Å². The van der Waals surface area contributed by atoms with Crippen molar-refractivity contribution in [2.24, 2.45) is 0 Å². The second-order valence-electron chi connectivity index (χ2n) is 6.84. The number of piperidine rings is 1. The highest BCUT2D eigenvalue weighted by atomic mass is 16.2. The lowest BCUT2D eigenvalue weighted by molar-refractivity contribution is -0.138. The Morgan fingerprint density at radius 2 is 1.75 bits per heavy atom. The number of likely N-dealkylation sites (tertiary alicyclic amines) is 1. The van der Waals surface area contributed by atoms with Gasteiger partial charge in [-0.05, 0) is 45.7 Å². The lowest BCUT2D eigenvalue weighted by atomic mass is 10.0. The number of nitrogens with zero attached hydrogens (tertiary/aromatic N) is 2. The number of likely N-dealkylation sites (N-methyl/N-ethyl adjacent to an activating group) is 1. The number of amides is 2. The third-order valence-electron chi connectivity index (χ3n) is 4.30. The normalized spacial score (nSPS) is 16.3. The summed E-state index contributed by atoms with van der Waals surface area (Å²) in [5.74, 6) is 0.0422. The van der Waals surface area contributed by atoms with E-state index in [4.69, 9.17) is 0 Å². The molecule has 0 aliphatic carbocycles. The molecular weight excluding hydrogens is 302 g/mol. The fourth-order valence-corrected chi connectivity index (χ4v) is 3.19. The van der Waals surface area contributed by atoms with Crippen molar-refractivity contribution in [3.05, 3.63) is 35.9 Å². The smallest absolute Gasteiger partial charge is 0.244 e. The molecule has 0 radical (unpaired) electrons. The fourth-order valence-electron chi connectivity index (χ4n) is 3.19. The molecule has 1 aliphatic heterocycles. The van der Waals surface area contributed by atoms with Gasteiger partial charge in [0.25, 0.3) is 0 Å². The minimum Gasteiger partial charge on any atom is -0.353 e. The molecule has 2 amide bonds. The Kier molecular flexibility index (Phi) is 6.79. The predicted octanol–water partition coefficient (Wildman–Crippen LogP) is 2.20. The van der Waals surface area contributed by atoms with Gasteiger partial charge in [-0.15, -0.1) is 0 Å². The first-order valence-electron chi connectivity index (χ1n) is 8.82. The van der Waals surface area contributed by atoms with E-state index >= 15 is 0 Å². The van der Waals surface area contributed by atoms with E-state index < -0.39 is 6.04 Å². The van der Waals surface area contributed by atoms with Crippen LogP contribution in [0, 0.1) is 0 Å². The molecule has 1 fully saturated rings. The average Bonchev–Trinajstić information content (AvgIpc) is 2.56. The first-order valence-corrected chi connectivity index (χ1v) is 8.82. The summed E-state index contributed by atoms with van der Waals surface area (Å²) in [5, 5.41) is 2.89. The zero-order valence-electron chi connectivity index (χ0n) is 15.0. The van der Waals surface area contributed by atoms with Gasteiger partial charge in [0.15, 0.2) is 0 Å². The average molecular weight is 331 g/mol. The standard InChI is InChI=1S/C19H29N3O2/c1-15(2)20-17(23)14-21(3)18(16-10-6-4-7-11-16)19(24)22-12-8-5-9-13-22/h4,6-7,10-11,15,18H,5,8-9,12-14H2,1-3H3,(H,20,23)/t18-/m1/s1. The van der Waals surface area contributed by atoms with Gasteiger partial charge >= 0.3 is 0 Å². The summed E-state index contributed by atoms with van der Waals surface area (Å²) in [4.78, 5) is 29.0. The Bertz CT molecular complexity index is 539. The Labute approximate surface area is 145 Å². The zero-order valence-corrected chi connectivity index (χ0v) is 15.0. The molecule has 1 N–H and O–H groups in total. The molecule has 1 aliphatic rings. The number of benzene rings is 1. The summed E-state index contributed by atoms with van der Waals surface area (Å²) in [5.41, 5.74) is 0.938. The molecular formula is C19H29N3O2. The van der Waals surface area contributed by atoms with E-state index in [1.807, 2.05) is 61.0 Å². The van der Waals surface area contributed by atoms with E-state index in [0.29, 0.717) is 0 Å². The van der Waals surface area contributed by atoms with Crippen LogP contribution in [-0.2, 0) is 9.59 Å². The molecule has 24 heavy (non-hydrogen) atoms. The van der Waals surface area contributed by atoms with E-state index in [9.17, 15) is 9.59 Å². The second kappa shape index (κ2) is 8.83. The van der Waals surface area contributed by atoms with Crippen LogP contribution in [0.5, 0.6) is 0 Å². The largest absolute Gasteiger partial charge is 0.353 e. The van der Waals surface area contributed by atoms with Gasteiger partial charge in [-0.3, -0.25) is 14.5 Å². The van der Waals surface area contributed by atoms with E-state index in [2.05, 4.69) is 5.32 Å². The number of carbonyl (C=O) groups is 2. The maximum Gasteiger partial charge on any atom is 0.244 e. The highest BCUT2D eigenvalue weighted by molar-refractivity contribution is 5.85. The number of carbonyl (C=O) groups excluding carboxylic acids is 2. The van der Waals surface area contributed by atoms with Crippen LogP contribution in [-0.4, -0.2) is 54.3 Å². The summed E-state index contributed by atoms with van der Waals surface area (Å²) in [6, 6.07) is 9.42. The van der Waals surface area contributed by atoms with Crippen molar-refractivity contribution in [3.63, 3.8) is 0 Å². The van der Waals surface area contributed by atoms with Crippen molar-refractivity contribution in [1.82, 2.24) is 15.1 Å². The van der Waals surface area contributed by atoms with Crippen LogP contribution in [0.25, 0.3) is 0 Å². The van der Waals surface area contributed by atoms with E-state index in [-0.39, 0.29) is 24.4 Å². The summed E-state index contributed by atoms with van der Waals surface area (Å²) in [6.45, 7) is 5.71. The quantitative estimate of drug-likeness (QED) is 0.869. The highest BCUT2D eigenvalue weighted by Gasteiger charge is 2.31. The number of hydrogen-bond donors (Lipinski definition) is 1. The Morgan fingerprint density at radius 3 is 2.33 bits per heavy atom. The third kappa shape index (κ3) is 5.06. The molecule has 2 rings (SSSR count). The molecule has 1 aromatic rings. The van der Waals surface area contributed by atoms with Crippen molar-refractivity contribution < 1.29 is 9.59 Å². The molecule has 5 heteroatoms. The Morgan fingerprint density at radius 1 is 1.12 bits per heavy atom. The van der Waals surface area contributed by atoms with Crippen LogP contribution < -0.4 is 5.32 Å². The molecule has 1 saturated heterocycles. The van der Waals surface area contributed by atoms with Crippen LogP contribution in [0.1, 0.15) is 44.7 Å². The van der Waals surface area contributed by atoms with Crippen LogP contribution in [0.2, 0.25) is 0 Å². The highest BCUT2D eigenvalue weighted by Crippen LogP contribution is 2.23. The van der Waals surface area contributed by atoms with E-state index in [1.165, 1.54) is 6.42 Å². The van der Waals surface area contributed by atoms with Gasteiger partial charge in [-0.25, -0.2) is 0 Å². The molecule has 132 valence electrons. The molecule has 5 nitrogen and oxygen atoms in total. The minimum atomic E-state index is -0.415. The lowest BCUT2D eigenvalue weighted by Crippen LogP contribution is -2.47. The van der Waals surface area contributed by atoms with Gasteiger partial charge < -0.3 is 10.2 Å². The molecule has 0 unspecified atom stereocenters. The topological polar surface area (TPSA) is 52.7 Å². The minimum absolute atomic E-state index is 0.0557. The molecule has 0 bridgehead atoms. The van der Waals surface area contributed by atoms with E-state index in [1.54, 1.807) is 0 Å². The molecule has 0 aromatic heterocycles.